The number of nitrogens with zero attached hydrogens (tertiary/aromatic N) is 5. The van der Waals surface area contributed by atoms with Gasteiger partial charge in [0, 0.05) is 42.0 Å². The summed E-state index contributed by atoms with van der Waals surface area (Å²) in [6, 6.07) is 1.55. The lowest BCUT2D eigenvalue weighted by Crippen LogP contribution is -2.25. The van der Waals surface area contributed by atoms with E-state index < -0.39 is 5.82 Å². The minimum atomic E-state index is -0.430. The highest BCUT2D eigenvalue weighted by atomic mass is 19.1. The van der Waals surface area contributed by atoms with Crippen molar-refractivity contribution in [2.75, 3.05) is 19.0 Å². The van der Waals surface area contributed by atoms with E-state index in [-0.39, 0.29) is 6.04 Å². The maximum atomic E-state index is 13.8. The molecule has 0 saturated heterocycles. The van der Waals surface area contributed by atoms with E-state index in [1.54, 1.807) is 19.6 Å². The van der Waals surface area contributed by atoms with Gasteiger partial charge >= 0.3 is 0 Å². The standard InChI is InChI=1S/C25H26FN7O/c1-15(2)33-14-30-22-24(31-23(32-25(22)33)17-9-18(26)13-27-11-17)28-8-7-16-12-29-21-10-19(34-3)5-4-6-20(16)21/h5-6,9-15,29H,4,7-8H2,1-3H3,(H,28,31,32). The van der Waals surface area contributed by atoms with Crippen molar-refractivity contribution in [1.82, 2.24) is 29.5 Å². The third-order valence-electron chi connectivity index (χ3n) is 5.83. The first-order chi connectivity index (χ1) is 16.5. The molecule has 0 atom stereocenters. The molecule has 8 nitrogen and oxygen atoms in total. The van der Waals surface area contributed by atoms with Crippen LogP contribution in [0.5, 0.6) is 0 Å². The van der Waals surface area contributed by atoms with Crippen molar-refractivity contribution in [3.05, 3.63) is 64.8 Å². The Balaban J connectivity index is 1.46. The van der Waals surface area contributed by atoms with Gasteiger partial charge in [0.25, 0.3) is 0 Å². The van der Waals surface area contributed by atoms with Crippen molar-refractivity contribution in [3.8, 4) is 11.4 Å². The Morgan fingerprint density at radius 3 is 2.91 bits per heavy atom. The van der Waals surface area contributed by atoms with E-state index in [4.69, 9.17) is 4.74 Å². The van der Waals surface area contributed by atoms with E-state index in [1.165, 1.54) is 23.0 Å². The van der Waals surface area contributed by atoms with Gasteiger partial charge in [0.15, 0.2) is 17.3 Å². The third kappa shape index (κ3) is 4.16. The molecule has 4 heterocycles. The van der Waals surface area contributed by atoms with Crippen LogP contribution in [-0.2, 0) is 11.2 Å². The lowest BCUT2D eigenvalue weighted by Gasteiger charge is -2.11. The van der Waals surface area contributed by atoms with Gasteiger partial charge in [-0.15, -0.1) is 0 Å². The monoisotopic (exact) mass is 459 g/mol. The summed E-state index contributed by atoms with van der Waals surface area (Å²) in [5.74, 6) is 1.44. The summed E-state index contributed by atoms with van der Waals surface area (Å²) in [5, 5.41) is 5.66. The van der Waals surface area contributed by atoms with E-state index in [9.17, 15) is 4.39 Å². The minimum Gasteiger partial charge on any atom is -0.497 e. The molecule has 0 amide bonds. The molecule has 5 rings (SSSR count). The number of halogens is 1. The molecule has 0 aromatic carbocycles. The van der Waals surface area contributed by atoms with E-state index in [2.05, 4.69) is 56.2 Å². The van der Waals surface area contributed by atoms with Crippen LogP contribution in [0.3, 0.4) is 0 Å². The Kier molecular flexibility index (Phi) is 5.83. The van der Waals surface area contributed by atoms with Crippen molar-refractivity contribution in [2.24, 2.45) is 0 Å². The van der Waals surface area contributed by atoms with Gasteiger partial charge in [0.2, 0.25) is 0 Å². The quantitative estimate of drug-likeness (QED) is 0.441. The molecule has 0 unspecified atom stereocenters. The Hall–Kier alpha value is -4.01. The van der Waals surface area contributed by atoms with Crippen molar-refractivity contribution in [2.45, 2.75) is 32.7 Å². The van der Waals surface area contributed by atoms with Crippen molar-refractivity contribution >= 4 is 29.1 Å². The maximum absolute atomic E-state index is 13.8. The number of H-pyrrole nitrogens is 1. The first kappa shape index (κ1) is 21.8. The molecular formula is C25H26FN7O. The summed E-state index contributed by atoms with van der Waals surface area (Å²) < 4.78 is 21.2. The number of methoxy groups -OCH3 is 1. The summed E-state index contributed by atoms with van der Waals surface area (Å²) in [4.78, 5) is 21.2. The normalized spacial score (nSPS) is 13.1. The Bertz CT molecular complexity index is 1500. The Labute approximate surface area is 196 Å². The smallest absolute Gasteiger partial charge is 0.166 e. The molecule has 4 aromatic rings. The van der Waals surface area contributed by atoms with Crippen LogP contribution in [0.1, 0.15) is 31.9 Å². The van der Waals surface area contributed by atoms with Gasteiger partial charge < -0.3 is 19.6 Å². The number of ether oxygens (including phenoxy) is 1. The number of rotatable bonds is 7. The fraction of sp³-hybridized carbons (Fsp3) is 0.280. The first-order valence-corrected chi connectivity index (χ1v) is 11.2. The molecule has 0 aliphatic heterocycles. The second-order valence-electron chi connectivity index (χ2n) is 8.42. The van der Waals surface area contributed by atoms with Gasteiger partial charge in [-0.3, -0.25) is 4.98 Å². The van der Waals surface area contributed by atoms with Gasteiger partial charge in [-0.2, -0.15) is 0 Å². The number of imidazole rings is 1. The predicted octanol–water partition coefficient (Wildman–Crippen LogP) is 3.09. The number of aromatic nitrogens is 6. The molecule has 1 aliphatic rings. The highest BCUT2D eigenvalue weighted by molar-refractivity contribution is 5.85. The number of aromatic amines is 1. The zero-order valence-corrected chi connectivity index (χ0v) is 19.3. The zero-order valence-electron chi connectivity index (χ0n) is 19.3. The number of fused-ring (bicyclic) bond motifs is 2. The van der Waals surface area contributed by atoms with Crippen LogP contribution in [0.15, 0.2) is 42.8 Å². The van der Waals surface area contributed by atoms with Crippen LogP contribution < -0.4 is 15.9 Å². The third-order valence-corrected chi connectivity index (χ3v) is 5.83. The molecule has 0 fully saturated rings. The molecule has 0 spiro atoms. The van der Waals surface area contributed by atoms with Crippen LogP contribution in [0.2, 0.25) is 0 Å². The van der Waals surface area contributed by atoms with Crippen molar-refractivity contribution < 1.29 is 9.13 Å². The summed E-state index contributed by atoms with van der Waals surface area (Å²) >= 11 is 0. The molecule has 174 valence electrons. The lowest BCUT2D eigenvalue weighted by molar-refractivity contribution is 0.312. The molecule has 34 heavy (non-hydrogen) atoms. The SMILES string of the molecule is COC1=CCC=c2c(CCNc3nc(-c4cncc(F)c4)nc4c3ncn4C(C)C)c[nH]c2=C1. The van der Waals surface area contributed by atoms with Crippen molar-refractivity contribution in [3.63, 3.8) is 0 Å². The average molecular weight is 460 g/mol. The fourth-order valence-corrected chi connectivity index (χ4v) is 4.09. The lowest BCUT2D eigenvalue weighted by atomic mass is 10.1. The second kappa shape index (κ2) is 9.09. The highest BCUT2D eigenvalue weighted by Crippen LogP contribution is 2.26. The van der Waals surface area contributed by atoms with Crippen LogP contribution in [-0.4, -0.2) is 43.1 Å². The highest BCUT2D eigenvalue weighted by Gasteiger charge is 2.16. The van der Waals surface area contributed by atoms with E-state index >= 15 is 0 Å². The number of pyridine rings is 1. The number of hydrogen-bond donors (Lipinski definition) is 2. The number of nitrogens with one attached hydrogen (secondary N) is 2. The number of hydrogen-bond acceptors (Lipinski definition) is 6. The van der Waals surface area contributed by atoms with Crippen LogP contribution in [0.4, 0.5) is 10.2 Å². The van der Waals surface area contributed by atoms with Gasteiger partial charge in [-0.25, -0.2) is 19.3 Å². The van der Waals surface area contributed by atoms with E-state index in [0.717, 1.165) is 23.9 Å². The fourth-order valence-electron chi connectivity index (χ4n) is 4.09. The van der Waals surface area contributed by atoms with Crippen LogP contribution in [0.25, 0.3) is 34.7 Å². The molecule has 0 radical (unpaired) electrons. The molecule has 0 saturated carbocycles. The number of anilines is 1. The molecule has 0 bridgehead atoms. The van der Waals surface area contributed by atoms with Gasteiger partial charge in [0.1, 0.15) is 17.1 Å². The van der Waals surface area contributed by atoms with Gasteiger partial charge in [-0.05, 0) is 49.6 Å². The van der Waals surface area contributed by atoms with Crippen LogP contribution in [0, 0.1) is 5.82 Å². The summed E-state index contributed by atoms with van der Waals surface area (Å²) in [6.45, 7) is 4.77. The summed E-state index contributed by atoms with van der Waals surface area (Å²) in [6.07, 6.45) is 14.4. The predicted molar refractivity (Wildman–Crippen MR) is 130 cm³/mol. The van der Waals surface area contributed by atoms with Gasteiger partial charge in [-0.1, -0.05) is 6.08 Å². The Morgan fingerprint density at radius 2 is 2.12 bits per heavy atom. The van der Waals surface area contributed by atoms with Crippen LogP contribution >= 0.6 is 0 Å². The average Bonchev–Trinajstić information content (AvgIpc) is 3.36. The molecule has 2 N–H and O–H groups in total. The van der Waals surface area contributed by atoms with Crippen molar-refractivity contribution in [1.29, 1.82) is 0 Å². The second-order valence-corrected chi connectivity index (χ2v) is 8.42. The van der Waals surface area contributed by atoms with E-state index in [1.807, 2.05) is 16.8 Å². The maximum Gasteiger partial charge on any atom is 0.166 e. The Morgan fingerprint density at radius 1 is 1.24 bits per heavy atom. The molecule has 4 aromatic heterocycles. The van der Waals surface area contributed by atoms with E-state index in [0.29, 0.717) is 34.9 Å². The summed E-state index contributed by atoms with van der Waals surface area (Å²) in [5.41, 5.74) is 3.10. The number of allylic oxidation sites excluding steroid dienone is 2. The minimum absolute atomic E-state index is 0.166. The topological polar surface area (TPSA) is 93.5 Å². The van der Waals surface area contributed by atoms with Gasteiger partial charge in [0.05, 0.1) is 19.6 Å². The zero-order chi connectivity index (χ0) is 23.7. The molecule has 9 heteroatoms. The summed E-state index contributed by atoms with van der Waals surface area (Å²) in [7, 11) is 1.68. The molecular weight excluding hydrogens is 433 g/mol. The first-order valence-electron chi connectivity index (χ1n) is 11.2. The molecule has 1 aliphatic carbocycles. The largest absolute Gasteiger partial charge is 0.497 e.